The first-order valence-corrected chi connectivity index (χ1v) is 21.1. The van der Waals surface area contributed by atoms with E-state index in [9.17, 15) is 19.0 Å². The monoisotopic (exact) mass is 749 g/mol. The normalized spacial score (nSPS) is 14.5. The topological polar surface area (TPSA) is 111 Å². The molecule has 0 heterocycles. The minimum Gasteiger partial charge on any atom is -0.756 e. The van der Waals surface area contributed by atoms with Crippen molar-refractivity contribution in [2.75, 3.05) is 47.5 Å². The summed E-state index contributed by atoms with van der Waals surface area (Å²) in [7, 11) is 1.10. The number of carbonyl (C=O) groups excluding carboxylic acids is 2. The van der Waals surface area contributed by atoms with Crippen LogP contribution in [0.15, 0.2) is 72.9 Å². The van der Waals surface area contributed by atoms with Crippen LogP contribution in [-0.2, 0) is 32.7 Å². The highest BCUT2D eigenvalue weighted by Crippen LogP contribution is 2.38. The molecule has 0 spiro atoms. The molecule has 0 aromatic heterocycles. The fourth-order valence-electron chi connectivity index (χ4n) is 4.64. The molecule has 0 rings (SSSR count). The number of rotatable bonds is 34. The molecule has 9 nitrogen and oxygen atoms in total. The zero-order chi connectivity index (χ0) is 38.6. The van der Waals surface area contributed by atoms with Crippen LogP contribution in [0.2, 0.25) is 0 Å². The first kappa shape index (κ1) is 49.5. The molecule has 2 unspecified atom stereocenters. The van der Waals surface area contributed by atoms with Crippen molar-refractivity contribution in [3.63, 3.8) is 0 Å². The Morgan fingerprint density at radius 3 is 1.71 bits per heavy atom. The zero-order valence-electron chi connectivity index (χ0n) is 33.2. The van der Waals surface area contributed by atoms with E-state index in [2.05, 4.69) is 74.6 Å². The van der Waals surface area contributed by atoms with Gasteiger partial charge in [0.1, 0.15) is 19.8 Å². The maximum absolute atomic E-state index is 12.6. The third-order valence-corrected chi connectivity index (χ3v) is 8.69. The Hall–Kier alpha value is -2.55. The molecule has 0 amide bonds. The summed E-state index contributed by atoms with van der Waals surface area (Å²) >= 11 is 0. The van der Waals surface area contributed by atoms with Gasteiger partial charge in [-0.1, -0.05) is 119 Å². The summed E-state index contributed by atoms with van der Waals surface area (Å²) in [6.45, 7) is 3.94. The predicted octanol–water partition coefficient (Wildman–Crippen LogP) is 10.0. The van der Waals surface area contributed by atoms with Gasteiger partial charge in [-0.25, -0.2) is 0 Å². The van der Waals surface area contributed by atoms with Crippen LogP contribution in [0.1, 0.15) is 129 Å². The van der Waals surface area contributed by atoms with Crippen LogP contribution < -0.4 is 4.89 Å². The molecule has 0 N–H and O–H groups in total. The van der Waals surface area contributed by atoms with Crippen LogP contribution in [0.4, 0.5) is 0 Å². The summed E-state index contributed by atoms with van der Waals surface area (Å²) in [4.78, 5) is 37.3. The molecule has 0 saturated carbocycles. The minimum atomic E-state index is -4.64. The molecular formula is C42H72NO8P. The van der Waals surface area contributed by atoms with Crippen molar-refractivity contribution in [1.82, 2.24) is 0 Å². The molecule has 0 radical (unpaired) electrons. The van der Waals surface area contributed by atoms with Gasteiger partial charge in [0, 0.05) is 12.8 Å². The second kappa shape index (κ2) is 34.2. The van der Waals surface area contributed by atoms with Gasteiger partial charge in [-0.3, -0.25) is 14.2 Å². The average Bonchev–Trinajstić information content (AvgIpc) is 3.09. The van der Waals surface area contributed by atoms with Gasteiger partial charge in [-0.05, 0) is 70.6 Å². The van der Waals surface area contributed by atoms with Crippen molar-refractivity contribution in [1.29, 1.82) is 0 Å². The van der Waals surface area contributed by atoms with E-state index in [1.165, 1.54) is 25.7 Å². The van der Waals surface area contributed by atoms with Crippen LogP contribution in [0, 0.1) is 0 Å². The highest BCUT2D eigenvalue weighted by atomic mass is 31.2. The van der Waals surface area contributed by atoms with Gasteiger partial charge in [-0.15, -0.1) is 0 Å². The van der Waals surface area contributed by atoms with Gasteiger partial charge >= 0.3 is 11.9 Å². The Labute approximate surface area is 317 Å². The van der Waals surface area contributed by atoms with Crippen LogP contribution in [0.3, 0.4) is 0 Å². The lowest BCUT2D eigenvalue weighted by molar-refractivity contribution is -0.870. The molecule has 0 aromatic rings. The summed E-state index contributed by atoms with van der Waals surface area (Å²) in [5.74, 6) is -0.955. The molecule has 0 aliphatic rings. The van der Waals surface area contributed by atoms with Crippen LogP contribution in [-0.4, -0.2) is 70.0 Å². The Kier molecular flexibility index (Phi) is 32.6. The van der Waals surface area contributed by atoms with Crippen LogP contribution in [0.5, 0.6) is 0 Å². The molecular weight excluding hydrogens is 677 g/mol. The second-order valence-electron chi connectivity index (χ2n) is 13.9. The average molecular weight is 750 g/mol. The van der Waals surface area contributed by atoms with Crippen molar-refractivity contribution in [2.24, 2.45) is 0 Å². The highest BCUT2D eigenvalue weighted by molar-refractivity contribution is 7.45. The smallest absolute Gasteiger partial charge is 0.306 e. The van der Waals surface area contributed by atoms with Crippen molar-refractivity contribution in [3.05, 3.63) is 72.9 Å². The number of ether oxygens (including phenoxy) is 2. The number of phosphoric acid groups is 1. The number of likely N-dealkylation sites (N-methyl/N-ethyl adjacent to an activating group) is 1. The Morgan fingerprint density at radius 1 is 0.615 bits per heavy atom. The van der Waals surface area contributed by atoms with Crippen molar-refractivity contribution >= 4 is 19.8 Å². The maximum atomic E-state index is 12.6. The lowest BCUT2D eigenvalue weighted by atomic mass is 10.1. The number of phosphoric ester groups is 1. The zero-order valence-corrected chi connectivity index (χ0v) is 34.1. The molecule has 0 saturated heterocycles. The number of quaternary nitrogens is 1. The third kappa shape index (κ3) is 37.2. The number of carbonyl (C=O) groups is 2. The lowest BCUT2D eigenvalue weighted by Gasteiger charge is -2.28. The Bertz CT molecular complexity index is 1120. The van der Waals surface area contributed by atoms with E-state index in [0.29, 0.717) is 23.9 Å². The molecule has 2 atom stereocenters. The molecule has 0 aliphatic carbocycles. The van der Waals surface area contributed by atoms with Crippen LogP contribution >= 0.6 is 7.82 Å². The number of esters is 2. The molecule has 0 bridgehead atoms. The minimum absolute atomic E-state index is 0.0495. The van der Waals surface area contributed by atoms with E-state index < -0.39 is 32.5 Å². The predicted molar refractivity (Wildman–Crippen MR) is 213 cm³/mol. The van der Waals surface area contributed by atoms with E-state index in [-0.39, 0.29) is 26.1 Å². The van der Waals surface area contributed by atoms with Gasteiger partial charge in [0.2, 0.25) is 0 Å². The third-order valence-electron chi connectivity index (χ3n) is 7.72. The van der Waals surface area contributed by atoms with E-state index in [4.69, 9.17) is 18.5 Å². The summed E-state index contributed by atoms with van der Waals surface area (Å²) < 4.78 is 33.6. The summed E-state index contributed by atoms with van der Waals surface area (Å²) in [5.41, 5.74) is 0. The number of hydrogen-bond donors (Lipinski definition) is 0. The summed E-state index contributed by atoms with van der Waals surface area (Å²) in [6, 6.07) is 0. The van der Waals surface area contributed by atoms with Crippen molar-refractivity contribution in [2.45, 2.75) is 136 Å². The number of hydrogen-bond acceptors (Lipinski definition) is 8. The summed E-state index contributed by atoms with van der Waals surface area (Å²) in [6.07, 6.45) is 40.9. The SMILES string of the molecule is CC/C=C\C/C=C\C/C=C\C/C=C\CCC(=O)OC(COC(=O)CCCCCCC/C=C\C/C=C\CCCCC)COP(=O)([O-])OCC[N+](C)(C)C. The van der Waals surface area contributed by atoms with E-state index in [1.807, 2.05) is 33.3 Å². The highest BCUT2D eigenvalue weighted by Gasteiger charge is 2.21. The fraction of sp³-hybridized carbons (Fsp3) is 0.667. The number of unbranched alkanes of at least 4 members (excludes halogenated alkanes) is 8. The van der Waals surface area contributed by atoms with E-state index >= 15 is 0 Å². The molecule has 298 valence electrons. The number of nitrogens with zero attached hydrogens (tertiary/aromatic N) is 1. The van der Waals surface area contributed by atoms with Crippen molar-refractivity contribution < 1.29 is 42.1 Å². The van der Waals surface area contributed by atoms with Crippen molar-refractivity contribution in [3.8, 4) is 0 Å². The molecule has 52 heavy (non-hydrogen) atoms. The lowest BCUT2D eigenvalue weighted by Crippen LogP contribution is -2.37. The second-order valence-corrected chi connectivity index (χ2v) is 15.3. The first-order chi connectivity index (χ1) is 25.0. The molecule has 0 aliphatic heterocycles. The van der Waals surface area contributed by atoms with Gasteiger partial charge in [0.25, 0.3) is 7.82 Å². The molecule has 10 heteroatoms. The largest absolute Gasteiger partial charge is 0.756 e. The van der Waals surface area contributed by atoms with E-state index in [0.717, 1.165) is 64.2 Å². The van der Waals surface area contributed by atoms with Gasteiger partial charge in [0.15, 0.2) is 6.10 Å². The van der Waals surface area contributed by atoms with Gasteiger partial charge in [-0.2, -0.15) is 0 Å². The van der Waals surface area contributed by atoms with E-state index in [1.54, 1.807) is 0 Å². The standard InChI is InChI=1S/C42H72NO8P/c1-6-8-10-12-14-16-18-20-21-23-24-26-28-30-32-34-41(44)48-38-40(39-50-52(46,47)49-37-36-43(3,4)5)51-42(45)35-33-31-29-27-25-22-19-17-15-13-11-9-7-2/h9,11,14-17,20-22,25,29,31,40H,6-8,10,12-13,18-19,23-24,26-28,30,32-39H2,1-5H3/b11-9-,16-14-,17-15-,21-20-,25-22-,31-29-. The summed E-state index contributed by atoms with van der Waals surface area (Å²) in [5, 5.41) is 0. The fourth-order valence-corrected chi connectivity index (χ4v) is 5.37. The quantitative estimate of drug-likeness (QED) is 0.0210. The van der Waals surface area contributed by atoms with Gasteiger partial charge < -0.3 is 27.9 Å². The first-order valence-electron chi connectivity index (χ1n) is 19.6. The number of allylic oxidation sites excluding steroid dienone is 12. The maximum Gasteiger partial charge on any atom is 0.306 e. The Morgan fingerprint density at radius 2 is 1.13 bits per heavy atom. The molecule has 0 fully saturated rings. The van der Waals surface area contributed by atoms with Gasteiger partial charge in [0.05, 0.1) is 27.7 Å². The van der Waals surface area contributed by atoms with Crippen LogP contribution in [0.25, 0.3) is 0 Å². The Balaban J connectivity index is 4.56. The molecule has 0 aromatic carbocycles.